The van der Waals surface area contributed by atoms with Gasteiger partial charge in [-0.25, -0.2) is 13.1 Å². The van der Waals surface area contributed by atoms with Crippen molar-refractivity contribution in [3.63, 3.8) is 0 Å². The van der Waals surface area contributed by atoms with Gasteiger partial charge in [0.25, 0.3) is 0 Å². The predicted octanol–water partition coefficient (Wildman–Crippen LogP) is 1.98. The fraction of sp³-hybridized carbons (Fsp3) is 0.688. The molecule has 3 rings (SSSR count). The average Bonchev–Trinajstić information content (AvgIpc) is 3.26. The van der Waals surface area contributed by atoms with Crippen molar-refractivity contribution in [3.05, 3.63) is 17.5 Å². The van der Waals surface area contributed by atoms with Crippen LogP contribution in [0.3, 0.4) is 0 Å². The lowest BCUT2D eigenvalue weighted by Crippen LogP contribution is -2.46. The van der Waals surface area contributed by atoms with Crippen molar-refractivity contribution in [2.75, 3.05) is 19.7 Å². The van der Waals surface area contributed by atoms with Crippen molar-refractivity contribution in [3.8, 4) is 0 Å². The number of hydrogen-bond donors (Lipinski definition) is 1. The molecule has 0 aromatic carbocycles. The first-order valence-electron chi connectivity index (χ1n) is 8.50. The number of ether oxygens (including phenoxy) is 1. The highest BCUT2D eigenvalue weighted by Gasteiger charge is 2.27. The number of amides is 1. The maximum absolute atomic E-state index is 12.3. The number of likely N-dealkylation sites (tertiary alicyclic amines) is 1. The zero-order valence-electron chi connectivity index (χ0n) is 13.6. The van der Waals surface area contributed by atoms with Gasteiger partial charge in [0.2, 0.25) is 15.9 Å². The number of carbonyl (C=O) groups excluding carboxylic acids is 1. The molecule has 1 N–H and O–H groups in total. The minimum absolute atomic E-state index is 0.0979. The van der Waals surface area contributed by atoms with Gasteiger partial charge in [-0.1, -0.05) is 6.07 Å². The zero-order valence-corrected chi connectivity index (χ0v) is 15.3. The van der Waals surface area contributed by atoms with E-state index in [0.29, 0.717) is 36.6 Å². The van der Waals surface area contributed by atoms with E-state index >= 15 is 0 Å². The molecule has 134 valence electrons. The summed E-state index contributed by atoms with van der Waals surface area (Å²) < 4.78 is 33.1. The lowest BCUT2D eigenvalue weighted by molar-refractivity contribution is -0.132. The number of sulfonamides is 1. The number of piperidine rings is 1. The summed E-state index contributed by atoms with van der Waals surface area (Å²) in [6.07, 6.45) is 5.03. The molecule has 0 radical (unpaired) electrons. The summed E-state index contributed by atoms with van der Waals surface area (Å²) >= 11 is 1.22. The molecule has 1 unspecified atom stereocenters. The van der Waals surface area contributed by atoms with E-state index in [9.17, 15) is 13.2 Å². The van der Waals surface area contributed by atoms with Crippen LogP contribution in [-0.2, 0) is 19.6 Å². The van der Waals surface area contributed by atoms with Crippen LogP contribution in [0, 0.1) is 0 Å². The van der Waals surface area contributed by atoms with Gasteiger partial charge in [-0.15, -0.1) is 11.3 Å². The number of nitrogens with zero attached hydrogens (tertiary/aromatic N) is 1. The highest BCUT2D eigenvalue weighted by Crippen LogP contribution is 2.21. The summed E-state index contributed by atoms with van der Waals surface area (Å²) in [6, 6.07) is 3.24. The Balaban J connectivity index is 1.43. The maximum Gasteiger partial charge on any atom is 0.250 e. The van der Waals surface area contributed by atoms with E-state index in [4.69, 9.17) is 4.74 Å². The SMILES string of the molecule is O=C(CCC1CCCO1)N1CCC(NS(=O)(=O)c2cccs2)CC1. The van der Waals surface area contributed by atoms with Gasteiger partial charge in [-0.05, 0) is 43.6 Å². The molecule has 1 aromatic heterocycles. The minimum atomic E-state index is -3.43. The minimum Gasteiger partial charge on any atom is -0.378 e. The normalized spacial score (nSPS) is 22.8. The molecule has 0 saturated carbocycles. The van der Waals surface area contributed by atoms with Gasteiger partial charge in [0.1, 0.15) is 4.21 Å². The Morgan fingerprint density at radius 3 is 2.75 bits per heavy atom. The van der Waals surface area contributed by atoms with Gasteiger partial charge in [0.15, 0.2) is 0 Å². The van der Waals surface area contributed by atoms with E-state index in [-0.39, 0.29) is 18.1 Å². The van der Waals surface area contributed by atoms with Crippen molar-refractivity contribution < 1.29 is 17.9 Å². The molecule has 0 spiro atoms. The first-order chi connectivity index (χ1) is 11.5. The molecular formula is C16H24N2O4S2. The Morgan fingerprint density at radius 1 is 1.33 bits per heavy atom. The van der Waals surface area contributed by atoms with Crippen LogP contribution in [0.5, 0.6) is 0 Å². The molecule has 0 aliphatic carbocycles. The van der Waals surface area contributed by atoms with Crippen molar-refractivity contribution in [2.45, 2.75) is 54.9 Å². The van der Waals surface area contributed by atoms with Crippen molar-refractivity contribution >= 4 is 27.3 Å². The molecule has 1 amide bonds. The molecule has 2 saturated heterocycles. The molecule has 2 aliphatic heterocycles. The van der Waals surface area contributed by atoms with Crippen LogP contribution in [0.2, 0.25) is 0 Å². The first kappa shape index (κ1) is 17.8. The van der Waals surface area contributed by atoms with Crippen molar-refractivity contribution in [1.29, 1.82) is 0 Å². The van der Waals surface area contributed by atoms with Gasteiger partial charge < -0.3 is 9.64 Å². The standard InChI is InChI=1S/C16H24N2O4S2/c19-15(6-5-14-3-1-11-22-14)18-9-7-13(8-10-18)17-24(20,21)16-4-2-12-23-16/h2,4,12-14,17H,1,3,5-11H2. The number of rotatable bonds is 6. The summed E-state index contributed by atoms with van der Waals surface area (Å²) in [6.45, 7) is 2.04. The fourth-order valence-corrected chi connectivity index (χ4v) is 5.57. The van der Waals surface area contributed by atoms with Crippen LogP contribution >= 0.6 is 11.3 Å². The molecule has 8 heteroatoms. The Hall–Kier alpha value is -0.960. The summed E-state index contributed by atoms with van der Waals surface area (Å²) in [4.78, 5) is 14.1. The van der Waals surface area contributed by atoms with Crippen molar-refractivity contribution in [1.82, 2.24) is 9.62 Å². The van der Waals surface area contributed by atoms with Crippen LogP contribution < -0.4 is 4.72 Å². The van der Waals surface area contributed by atoms with E-state index in [1.807, 2.05) is 4.90 Å². The summed E-state index contributed by atoms with van der Waals surface area (Å²) in [7, 11) is -3.43. The van der Waals surface area contributed by atoms with Crippen LogP contribution in [-0.4, -0.2) is 51.1 Å². The third kappa shape index (κ3) is 4.56. The largest absolute Gasteiger partial charge is 0.378 e. The summed E-state index contributed by atoms with van der Waals surface area (Å²) in [5.74, 6) is 0.157. The second-order valence-corrected chi connectivity index (χ2v) is 9.27. The Labute approximate surface area is 147 Å². The van der Waals surface area contributed by atoms with E-state index < -0.39 is 10.0 Å². The number of hydrogen-bond acceptors (Lipinski definition) is 5. The molecule has 2 aliphatic rings. The second kappa shape index (κ2) is 7.95. The van der Waals surface area contributed by atoms with E-state index in [1.54, 1.807) is 17.5 Å². The van der Waals surface area contributed by atoms with Crippen LogP contribution in [0.15, 0.2) is 21.7 Å². The fourth-order valence-electron chi connectivity index (χ4n) is 3.26. The quantitative estimate of drug-likeness (QED) is 0.828. The Bertz CT molecular complexity index is 631. The van der Waals surface area contributed by atoms with Gasteiger partial charge in [-0.2, -0.15) is 0 Å². The number of nitrogens with one attached hydrogen (secondary N) is 1. The zero-order chi connectivity index (χ0) is 17.0. The predicted molar refractivity (Wildman–Crippen MR) is 92.5 cm³/mol. The molecule has 3 heterocycles. The number of carbonyl (C=O) groups is 1. The Morgan fingerprint density at radius 2 is 2.12 bits per heavy atom. The number of thiophene rings is 1. The van der Waals surface area contributed by atoms with Gasteiger partial charge in [0, 0.05) is 32.2 Å². The van der Waals surface area contributed by atoms with Crippen molar-refractivity contribution in [2.24, 2.45) is 0 Å². The third-order valence-corrected chi connectivity index (χ3v) is 7.55. The average molecular weight is 373 g/mol. The van der Waals surface area contributed by atoms with Crippen LogP contribution in [0.25, 0.3) is 0 Å². The maximum atomic E-state index is 12.3. The smallest absolute Gasteiger partial charge is 0.250 e. The highest BCUT2D eigenvalue weighted by molar-refractivity contribution is 7.91. The summed E-state index contributed by atoms with van der Waals surface area (Å²) in [5, 5.41) is 1.75. The van der Waals surface area contributed by atoms with E-state index in [0.717, 1.165) is 25.9 Å². The molecule has 0 bridgehead atoms. The van der Waals surface area contributed by atoms with E-state index in [1.165, 1.54) is 11.3 Å². The molecule has 24 heavy (non-hydrogen) atoms. The molecule has 2 fully saturated rings. The van der Waals surface area contributed by atoms with Gasteiger partial charge in [0.05, 0.1) is 6.10 Å². The summed E-state index contributed by atoms with van der Waals surface area (Å²) in [5.41, 5.74) is 0. The lowest BCUT2D eigenvalue weighted by Gasteiger charge is -2.32. The Kier molecular flexibility index (Phi) is 5.91. The van der Waals surface area contributed by atoms with E-state index in [2.05, 4.69) is 4.72 Å². The monoisotopic (exact) mass is 372 g/mol. The second-order valence-electron chi connectivity index (χ2n) is 6.38. The molecule has 1 aromatic rings. The third-order valence-electron chi connectivity index (χ3n) is 4.63. The van der Waals surface area contributed by atoms with Gasteiger partial charge >= 0.3 is 0 Å². The first-order valence-corrected chi connectivity index (χ1v) is 10.9. The molecular weight excluding hydrogens is 348 g/mol. The lowest BCUT2D eigenvalue weighted by atomic mass is 10.0. The highest BCUT2D eigenvalue weighted by atomic mass is 32.2. The van der Waals surface area contributed by atoms with Crippen LogP contribution in [0.1, 0.15) is 38.5 Å². The molecule has 6 nitrogen and oxygen atoms in total. The molecule has 1 atom stereocenters. The van der Waals surface area contributed by atoms with Gasteiger partial charge in [-0.3, -0.25) is 4.79 Å². The van der Waals surface area contributed by atoms with Crippen LogP contribution in [0.4, 0.5) is 0 Å². The topological polar surface area (TPSA) is 75.7 Å².